The van der Waals surface area contributed by atoms with Crippen LogP contribution in [0.15, 0.2) is 125 Å². The number of anilines is 1. The van der Waals surface area contributed by atoms with Crippen LogP contribution < -0.4 is 4.90 Å². The van der Waals surface area contributed by atoms with Crippen molar-refractivity contribution < 1.29 is 14.3 Å². The smallest absolute Gasteiger partial charge is 0.341 e. The predicted molar refractivity (Wildman–Crippen MR) is 183 cm³/mol. The van der Waals surface area contributed by atoms with Crippen LogP contribution in [0, 0.1) is 22.7 Å². The van der Waals surface area contributed by atoms with Crippen LogP contribution in [0.3, 0.4) is 0 Å². The third-order valence-corrected chi connectivity index (χ3v) is 8.64. The maximum Gasteiger partial charge on any atom is 0.341 e. The van der Waals surface area contributed by atoms with Crippen LogP contribution in [0.25, 0.3) is 5.57 Å². The van der Waals surface area contributed by atoms with E-state index in [9.17, 15) is 20.1 Å². The molecule has 0 radical (unpaired) electrons. The lowest BCUT2D eigenvalue weighted by Gasteiger charge is -2.27. The molecule has 47 heavy (non-hydrogen) atoms. The van der Waals surface area contributed by atoms with Gasteiger partial charge in [0.1, 0.15) is 12.1 Å². The summed E-state index contributed by atoms with van der Waals surface area (Å²) >= 11 is 0. The fourth-order valence-corrected chi connectivity index (χ4v) is 6.36. The van der Waals surface area contributed by atoms with Gasteiger partial charge in [0.2, 0.25) is 0 Å². The van der Waals surface area contributed by atoms with Gasteiger partial charge in [-0.1, -0.05) is 112 Å². The molecule has 3 aromatic rings. The van der Waals surface area contributed by atoms with E-state index in [1.807, 2.05) is 91.0 Å². The van der Waals surface area contributed by atoms with E-state index in [1.165, 1.54) is 10.5 Å². The van der Waals surface area contributed by atoms with Crippen molar-refractivity contribution >= 4 is 23.1 Å². The van der Waals surface area contributed by atoms with Crippen LogP contribution in [0.2, 0.25) is 0 Å². The SMILES string of the molecule is CCCCN1/C(=C\C=C(\C2=C(C(=O)OCC)C(=C(C#N)C#N)N(Cc3ccccc3)C2=O)c2ccccc2)C(C)(C)c2ccccc21. The molecule has 0 saturated carbocycles. The molecule has 0 spiro atoms. The standard InChI is InChI=1S/C40H38N4O3/c1-5-7-24-43-33-21-15-14-20-32(33)40(3,4)34(43)23-22-31(29-18-12-9-13-19-29)35-36(39(46)47-6-2)37(30(25-41)26-42)44(38(35)45)27-28-16-10-8-11-17-28/h8-23H,5-7,24,27H2,1-4H3/b31-22+,34-23-. The third kappa shape index (κ3) is 6.26. The zero-order valence-electron chi connectivity index (χ0n) is 27.3. The average molecular weight is 623 g/mol. The van der Waals surface area contributed by atoms with Crippen molar-refractivity contribution in [2.24, 2.45) is 0 Å². The van der Waals surface area contributed by atoms with Crippen molar-refractivity contribution in [3.05, 3.63) is 142 Å². The monoisotopic (exact) mass is 622 g/mol. The number of esters is 1. The number of para-hydroxylation sites is 1. The van der Waals surface area contributed by atoms with Gasteiger partial charge in [-0.15, -0.1) is 0 Å². The van der Waals surface area contributed by atoms with E-state index in [4.69, 9.17) is 4.74 Å². The number of hydrogen-bond donors (Lipinski definition) is 0. The molecule has 0 bridgehead atoms. The second-order valence-corrected chi connectivity index (χ2v) is 11.9. The molecule has 0 unspecified atom stereocenters. The Kier molecular flexibility index (Phi) is 9.88. The molecule has 3 aromatic carbocycles. The van der Waals surface area contributed by atoms with Gasteiger partial charge in [0.15, 0.2) is 5.57 Å². The number of ether oxygens (including phenoxy) is 1. The molecule has 2 aliphatic heterocycles. The lowest BCUT2D eigenvalue weighted by molar-refractivity contribution is -0.138. The van der Waals surface area contributed by atoms with Crippen LogP contribution in [0.1, 0.15) is 57.2 Å². The predicted octanol–water partition coefficient (Wildman–Crippen LogP) is 7.76. The molecule has 2 heterocycles. The highest BCUT2D eigenvalue weighted by molar-refractivity contribution is 6.20. The van der Waals surface area contributed by atoms with Crippen LogP contribution in [-0.2, 0) is 26.3 Å². The summed E-state index contributed by atoms with van der Waals surface area (Å²) in [5.74, 6) is -1.25. The van der Waals surface area contributed by atoms with E-state index in [1.54, 1.807) is 6.92 Å². The van der Waals surface area contributed by atoms with E-state index >= 15 is 0 Å². The van der Waals surface area contributed by atoms with Crippen molar-refractivity contribution in [2.75, 3.05) is 18.1 Å². The van der Waals surface area contributed by atoms with Crippen LogP contribution >= 0.6 is 0 Å². The first kappa shape index (κ1) is 32.7. The first-order valence-corrected chi connectivity index (χ1v) is 16.0. The number of hydrogen-bond acceptors (Lipinski definition) is 6. The first-order chi connectivity index (χ1) is 22.8. The highest BCUT2D eigenvalue weighted by Gasteiger charge is 2.44. The maximum atomic E-state index is 14.6. The zero-order valence-corrected chi connectivity index (χ0v) is 27.3. The number of nitriles is 2. The van der Waals surface area contributed by atoms with Gasteiger partial charge in [-0.05, 0) is 47.8 Å². The molecule has 2 aliphatic rings. The van der Waals surface area contributed by atoms with Gasteiger partial charge >= 0.3 is 5.97 Å². The average Bonchev–Trinajstić information content (AvgIpc) is 3.48. The molecule has 7 heteroatoms. The molecule has 7 nitrogen and oxygen atoms in total. The normalized spacial score (nSPS) is 16.3. The Bertz CT molecular complexity index is 1870. The number of allylic oxidation sites excluding steroid dienone is 4. The van der Waals surface area contributed by atoms with Crippen molar-refractivity contribution in [3.8, 4) is 12.1 Å². The number of benzene rings is 3. The van der Waals surface area contributed by atoms with Gasteiger partial charge in [0.25, 0.3) is 5.91 Å². The zero-order chi connectivity index (χ0) is 33.6. The highest BCUT2D eigenvalue weighted by atomic mass is 16.5. The van der Waals surface area contributed by atoms with Crippen molar-refractivity contribution in [2.45, 2.75) is 52.5 Å². The minimum Gasteiger partial charge on any atom is -0.462 e. The summed E-state index contributed by atoms with van der Waals surface area (Å²) in [6.45, 7) is 9.18. The molecular formula is C40H38N4O3. The molecule has 0 saturated heterocycles. The second-order valence-electron chi connectivity index (χ2n) is 11.9. The Morgan fingerprint density at radius 3 is 2.15 bits per heavy atom. The van der Waals surface area contributed by atoms with Gasteiger partial charge in [0.05, 0.1) is 30.0 Å². The van der Waals surface area contributed by atoms with Crippen molar-refractivity contribution in [3.63, 3.8) is 0 Å². The topological polar surface area (TPSA) is 97.4 Å². The number of amides is 1. The molecule has 0 atom stereocenters. The Balaban J connectivity index is 1.79. The van der Waals surface area contributed by atoms with Crippen LogP contribution in [-0.4, -0.2) is 29.9 Å². The fraction of sp³-hybridized carbons (Fsp3) is 0.250. The van der Waals surface area contributed by atoms with Crippen molar-refractivity contribution in [1.82, 2.24) is 4.90 Å². The third-order valence-electron chi connectivity index (χ3n) is 8.64. The lowest BCUT2D eigenvalue weighted by atomic mass is 9.83. The van der Waals surface area contributed by atoms with Crippen LogP contribution in [0.4, 0.5) is 5.69 Å². The number of nitrogens with zero attached hydrogens (tertiary/aromatic N) is 4. The van der Waals surface area contributed by atoms with Gasteiger partial charge in [-0.3, -0.25) is 4.79 Å². The number of carbonyl (C=O) groups is 2. The quantitative estimate of drug-likeness (QED) is 0.169. The number of unbranched alkanes of at least 4 members (excludes halogenated alkanes) is 1. The largest absolute Gasteiger partial charge is 0.462 e. The van der Waals surface area contributed by atoms with Gasteiger partial charge in [0, 0.05) is 23.3 Å². The summed E-state index contributed by atoms with van der Waals surface area (Å²) in [4.78, 5) is 32.1. The van der Waals surface area contributed by atoms with E-state index in [0.717, 1.165) is 36.3 Å². The molecule has 0 fully saturated rings. The summed E-state index contributed by atoms with van der Waals surface area (Å²) in [7, 11) is 0. The number of fused-ring (bicyclic) bond motifs is 1. The van der Waals surface area contributed by atoms with Crippen LogP contribution in [0.5, 0.6) is 0 Å². The second kappa shape index (κ2) is 14.2. The van der Waals surface area contributed by atoms with Gasteiger partial charge in [-0.25, -0.2) is 4.79 Å². The minimum atomic E-state index is -0.767. The number of rotatable bonds is 10. The molecule has 0 N–H and O–H groups in total. The summed E-state index contributed by atoms with van der Waals surface area (Å²) in [6, 6.07) is 30.9. The summed E-state index contributed by atoms with van der Waals surface area (Å²) in [5.41, 5.74) is 4.72. The van der Waals surface area contributed by atoms with E-state index in [0.29, 0.717) is 11.1 Å². The fourth-order valence-electron chi connectivity index (χ4n) is 6.36. The molecule has 5 rings (SSSR count). The summed E-state index contributed by atoms with van der Waals surface area (Å²) in [5, 5.41) is 20.1. The van der Waals surface area contributed by atoms with E-state index in [2.05, 4.69) is 43.9 Å². The Morgan fingerprint density at radius 2 is 1.51 bits per heavy atom. The first-order valence-electron chi connectivity index (χ1n) is 16.0. The molecule has 0 aromatic heterocycles. The van der Waals surface area contributed by atoms with Gasteiger partial charge < -0.3 is 14.5 Å². The molecule has 0 aliphatic carbocycles. The summed E-state index contributed by atoms with van der Waals surface area (Å²) in [6.07, 6.45) is 5.97. The molecule has 1 amide bonds. The molecule has 236 valence electrons. The number of carbonyl (C=O) groups excluding carboxylic acids is 2. The Hall–Kier alpha value is -5.66. The van der Waals surface area contributed by atoms with E-state index in [-0.39, 0.29) is 41.0 Å². The Morgan fingerprint density at radius 1 is 0.872 bits per heavy atom. The highest BCUT2D eigenvalue weighted by Crippen LogP contribution is 2.48. The molecular weight excluding hydrogens is 584 g/mol. The lowest BCUT2D eigenvalue weighted by Crippen LogP contribution is -2.27. The Labute approximate surface area is 277 Å². The minimum absolute atomic E-state index is 0.0371. The van der Waals surface area contributed by atoms with Gasteiger partial charge in [-0.2, -0.15) is 10.5 Å². The van der Waals surface area contributed by atoms with Crippen molar-refractivity contribution in [1.29, 1.82) is 10.5 Å². The summed E-state index contributed by atoms with van der Waals surface area (Å²) < 4.78 is 5.49. The van der Waals surface area contributed by atoms with E-state index < -0.39 is 11.9 Å². The maximum absolute atomic E-state index is 14.6.